The van der Waals surface area contributed by atoms with Crippen molar-refractivity contribution in [1.82, 2.24) is 15.0 Å². The second kappa shape index (κ2) is 5.96. The van der Waals surface area contributed by atoms with E-state index in [4.69, 9.17) is 0 Å². The highest BCUT2D eigenvalue weighted by Gasteiger charge is 2.25. The van der Waals surface area contributed by atoms with Gasteiger partial charge in [-0.05, 0) is 43.2 Å². The summed E-state index contributed by atoms with van der Waals surface area (Å²) in [5, 5.41) is 7.95. The Bertz CT molecular complexity index is 931. The molecule has 118 valence electrons. The molecule has 0 atom stereocenters. The van der Waals surface area contributed by atoms with E-state index >= 15 is 0 Å². The molecule has 0 aliphatic carbocycles. The van der Waals surface area contributed by atoms with Crippen LogP contribution in [-0.4, -0.2) is 23.4 Å². The molecule has 0 bridgehead atoms. The molecule has 0 amide bonds. The van der Waals surface area contributed by atoms with Crippen LogP contribution in [0.5, 0.6) is 0 Å². The van der Waals surface area contributed by atoms with Crippen molar-refractivity contribution in [3.05, 3.63) is 65.9 Å². The maximum absolute atomic E-state index is 12.7. The molecule has 0 aliphatic heterocycles. The molecule has 0 spiro atoms. The van der Waals surface area contributed by atoms with Crippen LogP contribution in [0.4, 0.5) is 0 Å². The number of benzene rings is 2. The summed E-state index contributed by atoms with van der Waals surface area (Å²) in [6.45, 7) is 3.78. The Labute approximate surface area is 135 Å². The van der Waals surface area contributed by atoms with Crippen molar-refractivity contribution in [2.75, 3.05) is 0 Å². The Kier molecular flexibility index (Phi) is 4.00. The Hall–Kier alpha value is -2.47. The molecule has 3 aromatic rings. The van der Waals surface area contributed by atoms with E-state index in [9.17, 15) is 8.42 Å². The molecule has 6 heteroatoms. The van der Waals surface area contributed by atoms with Crippen molar-refractivity contribution in [1.29, 1.82) is 0 Å². The number of aryl methyl sites for hydroxylation is 1. The zero-order chi connectivity index (χ0) is 16.4. The molecule has 1 aromatic heterocycles. The fourth-order valence-corrected chi connectivity index (χ4v) is 3.79. The maximum Gasteiger partial charge on any atom is 0.227 e. The van der Waals surface area contributed by atoms with E-state index in [-0.39, 0.29) is 9.92 Å². The van der Waals surface area contributed by atoms with Gasteiger partial charge in [0, 0.05) is 0 Å². The molecule has 5 nitrogen and oxygen atoms in total. The summed E-state index contributed by atoms with van der Waals surface area (Å²) in [5.74, 6) is 0. The molecule has 0 unspecified atom stereocenters. The van der Waals surface area contributed by atoms with Crippen LogP contribution < -0.4 is 0 Å². The summed E-state index contributed by atoms with van der Waals surface area (Å²) in [6.07, 6.45) is 0.900. The van der Waals surface area contributed by atoms with Crippen LogP contribution in [0.25, 0.3) is 5.69 Å². The molecular weight excluding hydrogens is 310 g/mol. The molecule has 0 aliphatic rings. The highest BCUT2D eigenvalue weighted by Crippen LogP contribution is 2.23. The van der Waals surface area contributed by atoms with Gasteiger partial charge in [0.1, 0.15) is 0 Å². The van der Waals surface area contributed by atoms with Gasteiger partial charge in [0.15, 0.2) is 0 Å². The summed E-state index contributed by atoms with van der Waals surface area (Å²) in [4.78, 5) is 0.220. The molecular formula is C17H17N3O2S. The predicted molar refractivity (Wildman–Crippen MR) is 87.4 cm³/mol. The minimum absolute atomic E-state index is 0.00870. The quantitative estimate of drug-likeness (QED) is 0.739. The smallest absolute Gasteiger partial charge is 0.217 e. The average Bonchev–Trinajstić information content (AvgIpc) is 2.98. The molecule has 0 saturated heterocycles. The third-order valence-electron chi connectivity index (χ3n) is 3.72. The molecule has 0 radical (unpaired) electrons. The van der Waals surface area contributed by atoms with Gasteiger partial charge < -0.3 is 0 Å². The Morgan fingerprint density at radius 3 is 2.48 bits per heavy atom. The van der Waals surface area contributed by atoms with E-state index in [0.717, 1.165) is 17.7 Å². The number of nitrogens with zero attached hydrogens (tertiary/aromatic N) is 3. The van der Waals surface area contributed by atoms with Crippen LogP contribution in [0, 0.1) is 6.92 Å². The fraction of sp³-hybridized carbons (Fsp3) is 0.176. The minimum atomic E-state index is -3.67. The molecule has 0 fully saturated rings. The second-order valence-electron chi connectivity index (χ2n) is 5.23. The zero-order valence-electron chi connectivity index (χ0n) is 13.0. The van der Waals surface area contributed by atoms with Gasteiger partial charge in [-0.15, -0.1) is 5.10 Å². The molecule has 1 heterocycles. The largest absolute Gasteiger partial charge is 0.227 e. The van der Waals surface area contributed by atoms with Crippen LogP contribution in [-0.2, 0) is 16.3 Å². The molecule has 0 saturated carbocycles. The van der Waals surface area contributed by atoms with E-state index in [1.807, 2.05) is 24.3 Å². The first-order valence-electron chi connectivity index (χ1n) is 7.36. The number of sulfone groups is 1. The highest BCUT2D eigenvalue weighted by atomic mass is 32.2. The predicted octanol–water partition coefficient (Wildman–Crippen LogP) is 2.97. The van der Waals surface area contributed by atoms with E-state index in [1.165, 1.54) is 0 Å². The van der Waals surface area contributed by atoms with Crippen LogP contribution in [0.1, 0.15) is 18.2 Å². The van der Waals surface area contributed by atoms with Gasteiger partial charge in [0.05, 0.1) is 16.3 Å². The zero-order valence-corrected chi connectivity index (χ0v) is 13.8. The lowest BCUT2D eigenvalue weighted by atomic mass is 10.1. The lowest BCUT2D eigenvalue weighted by molar-refractivity contribution is 0.591. The Balaban J connectivity index is 2.09. The van der Waals surface area contributed by atoms with Crippen LogP contribution >= 0.6 is 0 Å². The Morgan fingerprint density at radius 1 is 1.04 bits per heavy atom. The molecule has 23 heavy (non-hydrogen) atoms. The summed E-state index contributed by atoms with van der Waals surface area (Å²) in [7, 11) is -3.67. The normalized spacial score (nSPS) is 11.6. The van der Waals surface area contributed by atoms with Crippen molar-refractivity contribution in [2.45, 2.75) is 30.2 Å². The van der Waals surface area contributed by atoms with E-state index in [0.29, 0.717) is 5.69 Å². The monoisotopic (exact) mass is 327 g/mol. The SMILES string of the molecule is CCc1cccc(-n2nnc(S(=O)(=O)c3ccccc3)c2C)c1. The third kappa shape index (κ3) is 2.77. The van der Waals surface area contributed by atoms with Gasteiger partial charge in [-0.1, -0.05) is 42.5 Å². The number of rotatable bonds is 4. The Morgan fingerprint density at radius 2 is 1.78 bits per heavy atom. The van der Waals surface area contributed by atoms with Gasteiger partial charge in [-0.2, -0.15) is 0 Å². The number of aromatic nitrogens is 3. The van der Waals surface area contributed by atoms with Crippen LogP contribution in [0.2, 0.25) is 0 Å². The first-order valence-corrected chi connectivity index (χ1v) is 8.84. The molecule has 0 N–H and O–H groups in total. The van der Waals surface area contributed by atoms with Crippen molar-refractivity contribution in [3.8, 4) is 5.69 Å². The highest BCUT2D eigenvalue weighted by molar-refractivity contribution is 7.91. The fourth-order valence-electron chi connectivity index (χ4n) is 2.43. The van der Waals surface area contributed by atoms with E-state index in [1.54, 1.807) is 41.9 Å². The summed E-state index contributed by atoms with van der Waals surface area (Å²) < 4.78 is 27.0. The number of hydrogen-bond donors (Lipinski definition) is 0. The maximum atomic E-state index is 12.7. The first-order chi connectivity index (χ1) is 11.0. The molecule has 2 aromatic carbocycles. The third-order valence-corrected chi connectivity index (χ3v) is 5.50. The molecule has 3 rings (SSSR count). The van der Waals surface area contributed by atoms with E-state index in [2.05, 4.69) is 17.2 Å². The van der Waals surface area contributed by atoms with Gasteiger partial charge in [0.25, 0.3) is 0 Å². The summed E-state index contributed by atoms with van der Waals surface area (Å²) >= 11 is 0. The van der Waals surface area contributed by atoms with Gasteiger partial charge in [0.2, 0.25) is 14.9 Å². The van der Waals surface area contributed by atoms with E-state index < -0.39 is 9.84 Å². The van der Waals surface area contributed by atoms with Gasteiger partial charge in [-0.25, -0.2) is 13.1 Å². The second-order valence-corrected chi connectivity index (χ2v) is 7.10. The lowest BCUT2D eigenvalue weighted by Gasteiger charge is -2.06. The van der Waals surface area contributed by atoms with Crippen molar-refractivity contribution in [2.24, 2.45) is 0 Å². The van der Waals surface area contributed by atoms with Crippen LogP contribution in [0.15, 0.2) is 64.5 Å². The van der Waals surface area contributed by atoms with Crippen LogP contribution in [0.3, 0.4) is 0 Å². The first kappa shape index (κ1) is 15.4. The average molecular weight is 327 g/mol. The lowest BCUT2D eigenvalue weighted by Crippen LogP contribution is -2.05. The summed E-state index contributed by atoms with van der Waals surface area (Å²) in [6, 6.07) is 16.1. The standard InChI is InChI=1S/C17H17N3O2S/c1-3-14-8-7-9-15(12-14)20-13(2)17(18-19-20)23(21,22)16-10-5-4-6-11-16/h4-12H,3H2,1-2H3. The van der Waals surface area contributed by atoms with Crippen molar-refractivity contribution >= 4 is 9.84 Å². The van der Waals surface area contributed by atoms with Gasteiger partial charge in [-0.3, -0.25) is 0 Å². The van der Waals surface area contributed by atoms with Gasteiger partial charge >= 0.3 is 0 Å². The van der Waals surface area contributed by atoms with Crippen molar-refractivity contribution in [3.63, 3.8) is 0 Å². The number of hydrogen-bond acceptors (Lipinski definition) is 4. The summed E-state index contributed by atoms with van der Waals surface area (Å²) in [5.41, 5.74) is 2.47. The topological polar surface area (TPSA) is 64.8 Å². The minimum Gasteiger partial charge on any atom is -0.217 e. The van der Waals surface area contributed by atoms with Crippen molar-refractivity contribution < 1.29 is 8.42 Å².